The molecule has 0 aromatic heterocycles. The van der Waals surface area contributed by atoms with Gasteiger partial charge < -0.3 is 9.84 Å². The monoisotopic (exact) mass is 406 g/mol. The molecule has 0 radical (unpaired) electrons. The van der Waals surface area contributed by atoms with E-state index in [1.807, 2.05) is 44.2 Å². The highest BCUT2D eigenvalue weighted by Gasteiger charge is 2.37. The average molecular weight is 407 g/mol. The van der Waals surface area contributed by atoms with Crippen LogP contribution in [-0.4, -0.2) is 11.1 Å². The lowest BCUT2D eigenvalue weighted by Gasteiger charge is -2.41. The van der Waals surface area contributed by atoms with E-state index in [0.29, 0.717) is 11.3 Å². The Morgan fingerprint density at radius 1 is 0.967 bits per heavy atom. The fourth-order valence-electron chi connectivity index (χ4n) is 4.44. The van der Waals surface area contributed by atoms with Crippen LogP contribution in [0.2, 0.25) is 0 Å². The number of hydrogen-bond acceptors (Lipinski definition) is 3. The van der Waals surface area contributed by atoms with Crippen LogP contribution >= 0.6 is 0 Å². The van der Waals surface area contributed by atoms with Gasteiger partial charge in [-0.05, 0) is 77.0 Å². The van der Waals surface area contributed by atoms with Crippen molar-refractivity contribution >= 4 is 11.5 Å². The molecule has 2 aromatic carbocycles. The number of aliphatic hydroxyl groups is 1. The number of carbonyl (C=O) groups excluding carboxylic acids is 1. The highest BCUT2D eigenvalue weighted by atomic mass is 16.5. The summed E-state index contributed by atoms with van der Waals surface area (Å²) in [5.74, 6) is 0.292. The fourth-order valence-corrected chi connectivity index (χ4v) is 4.44. The summed E-state index contributed by atoms with van der Waals surface area (Å²) in [6, 6.07) is 13.8. The molecule has 0 aliphatic heterocycles. The molecule has 0 spiro atoms. The Morgan fingerprint density at radius 3 is 2.13 bits per heavy atom. The third-order valence-electron chi connectivity index (χ3n) is 6.63. The number of hydrogen-bond donors (Lipinski definition) is 1. The van der Waals surface area contributed by atoms with Gasteiger partial charge in [0.05, 0.1) is 6.61 Å². The third-order valence-corrected chi connectivity index (χ3v) is 6.63. The molecule has 160 valence electrons. The fraction of sp³-hybridized carbons (Fsp3) is 0.444. The van der Waals surface area contributed by atoms with E-state index in [-0.39, 0.29) is 23.4 Å². The summed E-state index contributed by atoms with van der Waals surface area (Å²) < 4.78 is 5.82. The molecule has 0 saturated heterocycles. The summed E-state index contributed by atoms with van der Waals surface area (Å²) in [5.41, 5.74) is 6.26. The number of ether oxygens (including phenoxy) is 1. The number of allylic oxidation sites excluding steroid dienone is 1. The summed E-state index contributed by atoms with van der Waals surface area (Å²) in [5, 5.41) is 9.25. The second-order valence-corrected chi connectivity index (χ2v) is 9.68. The molecule has 2 aromatic rings. The van der Waals surface area contributed by atoms with Crippen LogP contribution in [0.5, 0.6) is 5.75 Å². The Balaban J connectivity index is 1.90. The molecule has 3 rings (SSSR count). The van der Waals surface area contributed by atoms with E-state index >= 15 is 0 Å². The van der Waals surface area contributed by atoms with E-state index in [0.717, 1.165) is 36.0 Å². The first-order chi connectivity index (χ1) is 14.1. The van der Waals surface area contributed by atoms with Gasteiger partial charge in [-0.2, -0.15) is 0 Å². The van der Waals surface area contributed by atoms with Crippen LogP contribution in [0.25, 0.3) is 5.57 Å². The number of benzene rings is 2. The molecule has 1 aliphatic carbocycles. The maximum absolute atomic E-state index is 12.9. The summed E-state index contributed by atoms with van der Waals surface area (Å²) in [7, 11) is 0. The van der Waals surface area contributed by atoms with E-state index in [1.165, 1.54) is 11.1 Å². The Labute approximate surface area is 180 Å². The van der Waals surface area contributed by atoms with Gasteiger partial charge in [-0.15, -0.1) is 0 Å². The predicted octanol–water partition coefficient (Wildman–Crippen LogP) is 6.32. The van der Waals surface area contributed by atoms with E-state index in [9.17, 15) is 9.90 Å². The molecule has 0 fully saturated rings. The van der Waals surface area contributed by atoms with Gasteiger partial charge in [-0.25, -0.2) is 4.79 Å². The molecule has 0 heterocycles. The highest BCUT2D eigenvalue weighted by molar-refractivity contribution is 5.98. The van der Waals surface area contributed by atoms with E-state index in [1.54, 1.807) is 0 Å². The largest absolute Gasteiger partial charge is 0.423 e. The van der Waals surface area contributed by atoms with Gasteiger partial charge in [0.1, 0.15) is 5.75 Å². The molecule has 30 heavy (non-hydrogen) atoms. The summed E-state index contributed by atoms with van der Waals surface area (Å²) >= 11 is 0. The normalized spacial score (nSPS) is 17.7. The zero-order valence-corrected chi connectivity index (χ0v) is 19.1. The Kier molecular flexibility index (Phi) is 6.24. The number of fused-ring (bicyclic) bond motifs is 1. The van der Waals surface area contributed by atoms with Crippen molar-refractivity contribution in [3.05, 3.63) is 70.3 Å². The topological polar surface area (TPSA) is 46.5 Å². The van der Waals surface area contributed by atoms with Crippen LogP contribution in [0.15, 0.2) is 48.0 Å². The molecular formula is C27H34O3. The van der Waals surface area contributed by atoms with Gasteiger partial charge in [0.15, 0.2) is 0 Å². The van der Waals surface area contributed by atoms with E-state index in [4.69, 9.17) is 4.74 Å². The lowest BCUT2D eigenvalue weighted by atomic mass is 9.63. The predicted molar refractivity (Wildman–Crippen MR) is 123 cm³/mol. The lowest BCUT2D eigenvalue weighted by molar-refractivity contribution is -0.130. The van der Waals surface area contributed by atoms with Crippen molar-refractivity contribution < 1.29 is 14.6 Å². The summed E-state index contributed by atoms with van der Waals surface area (Å²) in [4.78, 5) is 12.9. The van der Waals surface area contributed by atoms with Crippen molar-refractivity contribution in [2.45, 2.75) is 78.2 Å². The lowest BCUT2D eigenvalue weighted by Crippen LogP contribution is -2.33. The molecule has 0 amide bonds. The first-order valence-corrected chi connectivity index (χ1v) is 10.9. The van der Waals surface area contributed by atoms with Crippen molar-refractivity contribution in [1.29, 1.82) is 0 Å². The van der Waals surface area contributed by atoms with Crippen molar-refractivity contribution in [1.82, 2.24) is 0 Å². The van der Waals surface area contributed by atoms with Crippen LogP contribution in [0, 0.1) is 0 Å². The van der Waals surface area contributed by atoms with E-state index in [2.05, 4.69) is 39.8 Å². The van der Waals surface area contributed by atoms with Gasteiger partial charge in [0.25, 0.3) is 0 Å². The molecule has 1 N–H and O–H groups in total. The Bertz CT molecular complexity index is 962. The minimum atomic E-state index is -0.314. The van der Waals surface area contributed by atoms with Crippen LogP contribution in [-0.2, 0) is 22.2 Å². The summed E-state index contributed by atoms with van der Waals surface area (Å²) in [6.45, 7) is 13.0. The van der Waals surface area contributed by atoms with Crippen LogP contribution in [0.1, 0.15) is 83.1 Å². The number of esters is 1. The molecule has 3 nitrogen and oxygen atoms in total. The van der Waals surface area contributed by atoms with Gasteiger partial charge in [-0.1, -0.05) is 65.0 Å². The van der Waals surface area contributed by atoms with Crippen LogP contribution in [0.4, 0.5) is 0 Å². The molecule has 1 aliphatic rings. The van der Waals surface area contributed by atoms with Crippen LogP contribution in [0.3, 0.4) is 0 Å². The smallest absolute Gasteiger partial charge is 0.339 e. The zero-order chi connectivity index (χ0) is 22.1. The van der Waals surface area contributed by atoms with Gasteiger partial charge in [0.2, 0.25) is 0 Å². The Morgan fingerprint density at radius 2 is 1.57 bits per heavy atom. The third kappa shape index (κ3) is 4.37. The highest BCUT2D eigenvalue weighted by Crippen LogP contribution is 2.46. The Hall–Kier alpha value is -2.39. The first kappa shape index (κ1) is 22.3. The molecule has 0 unspecified atom stereocenters. The summed E-state index contributed by atoms with van der Waals surface area (Å²) in [6.07, 6.45) is 3.00. The van der Waals surface area contributed by atoms with Gasteiger partial charge >= 0.3 is 5.97 Å². The van der Waals surface area contributed by atoms with Crippen molar-refractivity contribution in [3.63, 3.8) is 0 Å². The molecule has 0 atom stereocenters. The zero-order valence-electron chi connectivity index (χ0n) is 19.1. The van der Waals surface area contributed by atoms with E-state index < -0.39 is 0 Å². The SMILES string of the molecule is CCC(=C(C)C(=O)Oc1ccc2c(c1)C(C)(C)CCC2(C)C)c1ccc(CO)cc1. The number of aliphatic hydroxyl groups excluding tert-OH is 1. The van der Waals surface area contributed by atoms with Crippen molar-refractivity contribution in [2.24, 2.45) is 0 Å². The number of carbonyl (C=O) groups is 1. The minimum absolute atomic E-state index is 0.0119. The van der Waals surface area contributed by atoms with Gasteiger partial charge in [-0.3, -0.25) is 0 Å². The maximum Gasteiger partial charge on any atom is 0.339 e. The molecule has 0 saturated carbocycles. The average Bonchev–Trinajstić information content (AvgIpc) is 2.72. The van der Waals surface area contributed by atoms with Crippen molar-refractivity contribution in [3.8, 4) is 5.75 Å². The second-order valence-electron chi connectivity index (χ2n) is 9.68. The standard InChI is InChI=1S/C27H34O3/c1-7-22(20-10-8-19(17-28)9-11-20)18(2)25(29)30-21-12-13-23-24(16-21)27(5,6)15-14-26(23,3)4/h8-13,16,28H,7,14-15,17H2,1-6H3. The second kappa shape index (κ2) is 8.39. The van der Waals surface area contributed by atoms with Crippen molar-refractivity contribution in [2.75, 3.05) is 0 Å². The first-order valence-electron chi connectivity index (χ1n) is 10.9. The quantitative estimate of drug-likeness (QED) is 0.359. The minimum Gasteiger partial charge on any atom is -0.423 e. The molecular weight excluding hydrogens is 372 g/mol. The molecule has 3 heteroatoms. The maximum atomic E-state index is 12.9. The molecule has 0 bridgehead atoms. The van der Waals surface area contributed by atoms with Gasteiger partial charge in [0, 0.05) is 5.57 Å². The van der Waals surface area contributed by atoms with Crippen LogP contribution < -0.4 is 4.74 Å². The number of rotatable bonds is 5.